The summed E-state index contributed by atoms with van der Waals surface area (Å²) in [5.74, 6) is -0.760. The molecule has 2 atom stereocenters. The topological polar surface area (TPSA) is 118 Å². The maximum atomic E-state index is 10.7. The minimum atomic E-state index is -1.39. The quantitative estimate of drug-likeness (QED) is 0.593. The van der Waals surface area contributed by atoms with Gasteiger partial charge in [0.2, 0.25) is 5.91 Å². The molecule has 1 amide bonds. The van der Waals surface area contributed by atoms with Gasteiger partial charge in [0.25, 0.3) is 0 Å². The van der Waals surface area contributed by atoms with Gasteiger partial charge in [0.15, 0.2) is 0 Å². The summed E-state index contributed by atoms with van der Waals surface area (Å²) in [6.07, 6.45) is -2.16. The van der Waals surface area contributed by atoms with E-state index < -0.39 is 24.5 Å². The SMILES string of the molecule is NC(=O)CC(O)C(O)c1cc(C=O)cc(C=O)c1. The van der Waals surface area contributed by atoms with Crippen LogP contribution in [0.1, 0.15) is 38.8 Å². The monoisotopic (exact) mass is 251 g/mol. The lowest BCUT2D eigenvalue weighted by Gasteiger charge is -2.17. The molecule has 0 radical (unpaired) electrons. The first-order valence-electron chi connectivity index (χ1n) is 5.17. The molecule has 2 unspecified atom stereocenters. The summed E-state index contributed by atoms with van der Waals surface area (Å²) in [5.41, 5.74) is 5.46. The summed E-state index contributed by atoms with van der Waals surface area (Å²) in [4.78, 5) is 32.0. The van der Waals surface area contributed by atoms with Crippen molar-refractivity contribution < 1.29 is 24.6 Å². The number of aldehydes is 2. The molecule has 18 heavy (non-hydrogen) atoms. The van der Waals surface area contributed by atoms with Gasteiger partial charge in [0.1, 0.15) is 18.7 Å². The van der Waals surface area contributed by atoms with Crippen LogP contribution in [0.4, 0.5) is 0 Å². The van der Waals surface area contributed by atoms with E-state index in [1.54, 1.807) is 0 Å². The Morgan fingerprint density at radius 3 is 2.06 bits per heavy atom. The second-order valence-corrected chi connectivity index (χ2v) is 3.85. The van der Waals surface area contributed by atoms with E-state index in [9.17, 15) is 24.6 Å². The first-order valence-corrected chi connectivity index (χ1v) is 5.17. The van der Waals surface area contributed by atoms with Gasteiger partial charge in [0, 0.05) is 11.1 Å². The van der Waals surface area contributed by atoms with E-state index in [0.717, 1.165) is 0 Å². The van der Waals surface area contributed by atoms with Gasteiger partial charge in [-0.15, -0.1) is 0 Å². The van der Waals surface area contributed by atoms with E-state index in [0.29, 0.717) is 12.6 Å². The van der Waals surface area contributed by atoms with Gasteiger partial charge >= 0.3 is 0 Å². The minimum Gasteiger partial charge on any atom is -0.390 e. The Morgan fingerprint density at radius 2 is 1.67 bits per heavy atom. The van der Waals surface area contributed by atoms with E-state index in [2.05, 4.69) is 0 Å². The fourth-order valence-corrected chi connectivity index (χ4v) is 1.55. The van der Waals surface area contributed by atoms with Crippen LogP contribution in [0.3, 0.4) is 0 Å². The number of aliphatic hydroxyl groups is 2. The van der Waals surface area contributed by atoms with Crippen LogP contribution in [0.25, 0.3) is 0 Å². The minimum absolute atomic E-state index is 0.176. The Balaban J connectivity index is 3.03. The maximum absolute atomic E-state index is 10.7. The number of amides is 1. The molecule has 0 aliphatic carbocycles. The number of hydrogen-bond acceptors (Lipinski definition) is 5. The van der Waals surface area contributed by atoms with Crippen molar-refractivity contribution >= 4 is 18.5 Å². The zero-order valence-corrected chi connectivity index (χ0v) is 9.45. The number of primary amides is 1. The molecule has 96 valence electrons. The number of carbonyl (C=O) groups is 3. The Kier molecular flexibility index (Phi) is 4.70. The van der Waals surface area contributed by atoms with E-state index in [4.69, 9.17) is 5.73 Å². The number of hydrogen-bond donors (Lipinski definition) is 3. The Bertz CT molecular complexity index is 445. The molecule has 6 heteroatoms. The number of benzene rings is 1. The Labute approximate surface area is 103 Å². The Hall–Kier alpha value is -2.05. The summed E-state index contributed by atoms with van der Waals surface area (Å²) in [5, 5.41) is 19.3. The predicted molar refractivity (Wildman–Crippen MR) is 62.0 cm³/mol. The van der Waals surface area contributed by atoms with Crippen LogP contribution in [0, 0.1) is 0 Å². The van der Waals surface area contributed by atoms with Crippen LogP contribution in [0.2, 0.25) is 0 Å². The van der Waals surface area contributed by atoms with Crippen LogP contribution in [0.5, 0.6) is 0 Å². The van der Waals surface area contributed by atoms with Gasteiger partial charge in [-0.25, -0.2) is 0 Å². The molecule has 0 saturated heterocycles. The second-order valence-electron chi connectivity index (χ2n) is 3.85. The van der Waals surface area contributed by atoms with Crippen molar-refractivity contribution in [1.82, 2.24) is 0 Å². The second kappa shape index (κ2) is 6.04. The highest BCUT2D eigenvalue weighted by molar-refractivity contribution is 5.82. The van der Waals surface area contributed by atoms with Gasteiger partial charge < -0.3 is 15.9 Å². The van der Waals surface area contributed by atoms with Crippen LogP contribution in [0.15, 0.2) is 18.2 Å². The highest BCUT2D eigenvalue weighted by Gasteiger charge is 2.21. The molecule has 0 aromatic heterocycles. The third kappa shape index (κ3) is 3.47. The number of rotatable bonds is 6. The van der Waals surface area contributed by atoms with Crippen molar-refractivity contribution in [1.29, 1.82) is 0 Å². The predicted octanol–water partition coefficient (Wildman–Crippen LogP) is -0.419. The number of carbonyl (C=O) groups excluding carboxylic acids is 3. The van der Waals surface area contributed by atoms with Gasteiger partial charge in [-0.05, 0) is 23.8 Å². The number of aliphatic hydroxyl groups excluding tert-OH is 2. The van der Waals surface area contributed by atoms with Crippen LogP contribution in [-0.4, -0.2) is 34.8 Å². The lowest BCUT2D eigenvalue weighted by atomic mass is 9.98. The molecule has 0 heterocycles. The average molecular weight is 251 g/mol. The molecule has 0 saturated carbocycles. The molecule has 4 N–H and O–H groups in total. The normalized spacial score (nSPS) is 13.7. The highest BCUT2D eigenvalue weighted by Crippen LogP contribution is 2.21. The fourth-order valence-electron chi connectivity index (χ4n) is 1.55. The van der Waals surface area contributed by atoms with E-state index in [-0.39, 0.29) is 16.7 Å². The zero-order chi connectivity index (χ0) is 13.7. The molecule has 0 aliphatic rings. The lowest BCUT2D eigenvalue weighted by molar-refractivity contribution is -0.121. The molecule has 0 fully saturated rings. The van der Waals surface area contributed by atoms with E-state index in [1.807, 2.05) is 0 Å². The van der Waals surface area contributed by atoms with Crippen molar-refractivity contribution in [2.24, 2.45) is 5.73 Å². The zero-order valence-electron chi connectivity index (χ0n) is 9.45. The molecule has 1 aromatic rings. The molecule has 6 nitrogen and oxygen atoms in total. The standard InChI is InChI=1S/C12H13NO5/c13-11(17)4-10(16)12(18)9-2-7(5-14)1-8(3-9)6-15/h1-3,5-6,10,12,16,18H,4H2,(H2,13,17). The third-order valence-electron chi connectivity index (χ3n) is 2.39. The molecule has 0 bridgehead atoms. The highest BCUT2D eigenvalue weighted by atomic mass is 16.3. The molecular weight excluding hydrogens is 238 g/mol. The summed E-state index contributed by atoms with van der Waals surface area (Å²) < 4.78 is 0. The van der Waals surface area contributed by atoms with Gasteiger partial charge in [-0.1, -0.05) is 0 Å². The fraction of sp³-hybridized carbons (Fsp3) is 0.250. The molecular formula is C12H13NO5. The summed E-state index contributed by atoms with van der Waals surface area (Å²) in [7, 11) is 0. The number of nitrogens with two attached hydrogens (primary N) is 1. The van der Waals surface area contributed by atoms with Crippen LogP contribution in [-0.2, 0) is 4.79 Å². The Morgan fingerprint density at radius 1 is 1.17 bits per heavy atom. The van der Waals surface area contributed by atoms with Crippen molar-refractivity contribution in [3.63, 3.8) is 0 Å². The van der Waals surface area contributed by atoms with Crippen molar-refractivity contribution in [3.8, 4) is 0 Å². The van der Waals surface area contributed by atoms with E-state index >= 15 is 0 Å². The first kappa shape index (κ1) is 14.0. The van der Waals surface area contributed by atoms with E-state index in [1.165, 1.54) is 18.2 Å². The smallest absolute Gasteiger partial charge is 0.220 e. The average Bonchev–Trinajstić information content (AvgIpc) is 2.36. The summed E-state index contributed by atoms with van der Waals surface area (Å²) >= 11 is 0. The van der Waals surface area contributed by atoms with Crippen molar-refractivity contribution in [2.75, 3.05) is 0 Å². The molecule has 1 rings (SSSR count). The van der Waals surface area contributed by atoms with Gasteiger partial charge in [-0.3, -0.25) is 14.4 Å². The van der Waals surface area contributed by atoms with Gasteiger partial charge in [-0.2, -0.15) is 0 Å². The molecule has 0 aliphatic heterocycles. The van der Waals surface area contributed by atoms with Crippen LogP contribution >= 0.6 is 0 Å². The third-order valence-corrected chi connectivity index (χ3v) is 2.39. The molecule has 0 spiro atoms. The van der Waals surface area contributed by atoms with Gasteiger partial charge in [0.05, 0.1) is 12.5 Å². The summed E-state index contributed by atoms with van der Waals surface area (Å²) in [6.45, 7) is 0. The molecule has 1 aromatic carbocycles. The first-order chi connectivity index (χ1) is 8.47. The lowest BCUT2D eigenvalue weighted by Crippen LogP contribution is -2.25. The largest absolute Gasteiger partial charge is 0.390 e. The van der Waals surface area contributed by atoms with Crippen molar-refractivity contribution in [3.05, 3.63) is 34.9 Å². The summed E-state index contributed by atoms with van der Waals surface area (Å²) in [6, 6.07) is 4.00. The maximum Gasteiger partial charge on any atom is 0.220 e. The van der Waals surface area contributed by atoms with Crippen LogP contribution < -0.4 is 5.73 Å². The van der Waals surface area contributed by atoms with Crippen molar-refractivity contribution in [2.45, 2.75) is 18.6 Å².